The number of hydrogen-bond donors (Lipinski definition) is 0. The van der Waals surface area contributed by atoms with Crippen LogP contribution >= 0.6 is 0 Å². The normalized spacial score (nSPS) is 19.4. The minimum Gasteiger partial charge on any atom is -0.252 e. The summed E-state index contributed by atoms with van der Waals surface area (Å²) in [6.45, 7) is 6.41. The summed E-state index contributed by atoms with van der Waals surface area (Å²) in [6, 6.07) is 0. The molecule has 0 amide bonds. The Morgan fingerprint density at radius 3 is 2.56 bits per heavy atom. The SMILES string of the molecule is CC1=C(CCc2c(C)nnn2C)C=CC(C)C=C1. The van der Waals surface area contributed by atoms with Gasteiger partial charge in [-0.05, 0) is 43.8 Å². The smallest absolute Gasteiger partial charge is 0.0828 e. The highest BCUT2D eigenvalue weighted by atomic mass is 15.4. The lowest BCUT2D eigenvalue weighted by Gasteiger charge is -2.06. The van der Waals surface area contributed by atoms with Gasteiger partial charge in [-0.3, -0.25) is 4.68 Å². The van der Waals surface area contributed by atoms with E-state index in [-0.39, 0.29) is 0 Å². The van der Waals surface area contributed by atoms with Crippen molar-refractivity contribution in [2.24, 2.45) is 13.0 Å². The Labute approximate surface area is 109 Å². The van der Waals surface area contributed by atoms with Crippen molar-refractivity contribution >= 4 is 0 Å². The van der Waals surface area contributed by atoms with Gasteiger partial charge in [0.1, 0.15) is 0 Å². The lowest BCUT2D eigenvalue weighted by molar-refractivity contribution is 0.672. The zero-order valence-electron chi connectivity index (χ0n) is 11.6. The van der Waals surface area contributed by atoms with Crippen LogP contribution in [0.4, 0.5) is 0 Å². The average Bonchev–Trinajstić information content (AvgIpc) is 2.57. The average molecular weight is 243 g/mol. The van der Waals surface area contributed by atoms with Gasteiger partial charge in [-0.2, -0.15) is 0 Å². The fourth-order valence-corrected chi connectivity index (χ4v) is 2.22. The van der Waals surface area contributed by atoms with Gasteiger partial charge in [0.2, 0.25) is 0 Å². The molecule has 0 radical (unpaired) electrons. The molecule has 0 saturated carbocycles. The summed E-state index contributed by atoms with van der Waals surface area (Å²) in [5.74, 6) is 0.526. The number of hydrogen-bond acceptors (Lipinski definition) is 2. The van der Waals surface area contributed by atoms with E-state index in [1.165, 1.54) is 16.8 Å². The summed E-state index contributed by atoms with van der Waals surface area (Å²) in [4.78, 5) is 0. The van der Waals surface area contributed by atoms with Gasteiger partial charge in [-0.25, -0.2) is 0 Å². The first-order valence-corrected chi connectivity index (χ1v) is 6.49. The number of allylic oxidation sites excluding steroid dienone is 6. The highest BCUT2D eigenvalue weighted by molar-refractivity contribution is 5.36. The molecule has 0 aliphatic heterocycles. The Kier molecular flexibility index (Phi) is 3.80. The summed E-state index contributed by atoms with van der Waals surface area (Å²) < 4.78 is 1.88. The zero-order valence-corrected chi connectivity index (χ0v) is 11.6. The van der Waals surface area contributed by atoms with E-state index in [1.54, 1.807) is 0 Å². The van der Waals surface area contributed by atoms with Crippen molar-refractivity contribution in [2.45, 2.75) is 33.6 Å². The second-order valence-electron chi connectivity index (χ2n) is 5.03. The summed E-state index contributed by atoms with van der Waals surface area (Å²) in [5.41, 5.74) is 5.04. The minimum absolute atomic E-state index is 0.526. The van der Waals surface area contributed by atoms with Crippen molar-refractivity contribution in [1.82, 2.24) is 15.0 Å². The van der Waals surface area contributed by atoms with Crippen LogP contribution in [0, 0.1) is 12.8 Å². The zero-order chi connectivity index (χ0) is 13.1. The van der Waals surface area contributed by atoms with Crippen molar-refractivity contribution in [3.05, 3.63) is 46.8 Å². The van der Waals surface area contributed by atoms with Crippen molar-refractivity contribution in [3.63, 3.8) is 0 Å². The molecule has 18 heavy (non-hydrogen) atoms. The Balaban J connectivity index is 2.11. The lowest BCUT2D eigenvalue weighted by atomic mass is 10.0. The Morgan fingerprint density at radius 2 is 1.89 bits per heavy atom. The first-order valence-electron chi connectivity index (χ1n) is 6.49. The number of aryl methyl sites for hydroxylation is 2. The van der Waals surface area contributed by atoms with E-state index in [0.29, 0.717) is 5.92 Å². The second kappa shape index (κ2) is 5.34. The summed E-state index contributed by atoms with van der Waals surface area (Å²) in [7, 11) is 1.96. The molecular formula is C15H21N3. The van der Waals surface area contributed by atoms with Crippen LogP contribution in [0.2, 0.25) is 0 Å². The van der Waals surface area contributed by atoms with Crippen LogP contribution < -0.4 is 0 Å². The maximum atomic E-state index is 4.09. The molecule has 0 saturated heterocycles. The molecule has 3 nitrogen and oxygen atoms in total. The van der Waals surface area contributed by atoms with Gasteiger partial charge in [-0.15, -0.1) is 5.10 Å². The molecule has 0 fully saturated rings. The van der Waals surface area contributed by atoms with Crippen LogP contribution in [-0.4, -0.2) is 15.0 Å². The van der Waals surface area contributed by atoms with Crippen LogP contribution in [0.5, 0.6) is 0 Å². The Morgan fingerprint density at radius 1 is 1.17 bits per heavy atom. The van der Waals surface area contributed by atoms with E-state index in [4.69, 9.17) is 0 Å². The molecule has 1 aliphatic rings. The van der Waals surface area contributed by atoms with Crippen molar-refractivity contribution in [1.29, 1.82) is 0 Å². The second-order valence-corrected chi connectivity index (χ2v) is 5.03. The highest BCUT2D eigenvalue weighted by Crippen LogP contribution is 2.20. The van der Waals surface area contributed by atoms with E-state index in [1.807, 2.05) is 18.7 Å². The van der Waals surface area contributed by atoms with Gasteiger partial charge in [0.25, 0.3) is 0 Å². The van der Waals surface area contributed by atoms with E-state index >= 15 is 0 Å². The van der Waals surface area contributed by atoms with Crippen molar-refractivity contribution in [3.8, 4) is 0 Å². The lowest BCUT2D eigenvalue weighted by Crippen LogP contribution is -2.00. The predicted octanol–water partition coefficient (Wildman–Crippen LogP) is 3.13. The maximum absolute atomic E-state index is 4.09. The molecule has 96 valence electrons. The van der Waals surface area contributed by atoms with Gasteiger partial charge in [-0.1, -0.05) is 36.4 Å². The summed E-state index contributed by atoms with van der Waals surface area (Å²) in [6.07, 6.45) is 11.0. The van der Waals surface area contributed by atoms with Crippen LogP contribution in [0.3, 0.4) is 0 Å². The minimum atomic E-state index is 0.526. The standard InChI is InChI=1S/C15H21N3/c1-11-5-7-12(2)14(8-6-11)9-10-15-13(3)16-17-18(15)4/h5-8,11H,9-10H2,1-4H3. The molecular weight excluding hydrogens is 222 g/mol. The number of aromatic nitrogens is 3. The van der Waals surface area contributed by atoms with Crippen molar-refractivity contribution in [2.75, 3.05) is 0 Å². The molecule has 0 spiro atoms. The molecule has 1 atom stereocenters. The molecule has 1 aromatic heterocycles. The largest absolute Gasteiger partial charge is 0.252 e. The maximum Gasteiger partial charge on any atom is 0.0828 e. The molecule has 0 bridgehead atoms. The fraction of sp³-hybridized carbons (Fsp3) is 0.467. The van der Waals surface area contributed by atoms with Crippen LogP contribution in [0.1, 0.15) is 31.7 Å². The first kappa shape index (κ1) is 12.8. The van der Waals surface area contributed by atoms with Crippen LogP contribution in [-0.2, 0) is 13.5 Å². The van der Waals surface area contributed by atoms with Gasteiger partial charge < -0.3 is 0 Å². The van der Waals surface area contributed by atoms with Crippen molar-refractivity contribution < 1.29 is 0 Å². The first-order chi connectivity index (χ1) is 8.58. The topological polar surface area (TPSA) is 30.7 Å². The van der Waals surface area contributed by atoms with Gasteiger partial charge in [0.15, 0.2) is 0 Å². The van der Waals surface area contributed by atoms with Gasteiger partial charge >= 0.3 is 0 Å². The third-order valence-corrected chi connectivity index (χ3v) is 3.53. The molecule has 0 N–H and O–H groups in total. The highest BCUT2D eigenvalue weighted by Gasteiger charge is 2.08. The molecule has 3 heteroatoms. The number of rotatable bonds is 3. The molecule has 1 unspecified atom stereocenters. The molecule has 1 aliphatic carbocycles. The summed E-state index contributed by atoms with van der Waals surface area (Å²) in [5, 5.41) is 8.14. The van der Waals surface area contributed by atoms with E-state index < -0.39 is 0 Å². The van der Waals surface area contributed by atoms with E-state index in [0.717, 1.165) is 18.5 Å². The number of nitrogens with zero attached hydrogens (tertiary/aromatic N) is 3. The van der Waals surface area contributed by atoms with E-state index in [2.05, 4.69) is 48.5 Å². The quantitative estimate of drug-likeness (QED) is 0.816. The third-order valence-electron chi connectivity index (χ3n) is 3.53. The molecule has 1 heterocycles. The van der Waals surface area contributed by atoms with E-state index in [9.17, 15) is 0 Å². The fourth-order valence-electron chi connectivity index (χ4n) is 2.22. The van der Waals surface area contributed by atoms with Gasteiger partial charge in [0, 0.05) is 7.05 Å². The van der Waals surface area contributed by atoms with Gasteiger partial charge in [0.05, 0.1) is 11.4 Å². The van der Waals surface area contributed by atoms with Crippen LogP contribution in [0.15, 0.2) is 35.5 Å². The third kappa shape index (κ3) is 2.78. The molecule has 2 rings (SSSR count). The monoisotopic (exact) mass is 243 g/mol. The van der Waals surface area contributed by atoms with Crippen LogP contribution in [0.25, 0.3) is 0 Å². The Hall–Kier alpha value is -1.64. The predicted molar refractivity (Wildman–Crippen MR) is 74.2 cm³/mol. The Bertz CT molecular complexity index is 498. The molecule has 0 aromatic carbocycles. The molecule has 1 aromatic rings. The summed E-state index contributed by atoms with van der Waals surface area (Å²) >= 11 is 0.